The Balaban J connectivity index is 1.37. The fraction of sp³-hybridized carbons (Fsp3) is 0.429. The van der Waals surface area contributed by atoms with Gasteiger partial charge < -0.3 is 24.4 Å². The average Bonchev–Trinajstić information content (AvgIpc) is 2.69. The van der Waals surface area contributed by atoms with E-state index in [4.69, 9.17) is 9.47 Å². The lowest BCUT2D eigenvalue weighted by molar-refractivity contribution is -1.02. The molecule has 0 unspecified atom stereocenters. The quantitative estimate of drug-likeness (QED) is 0.592. The number of quaternary nitrogens is 2. The lowest BCUT2D eigenvalue weighted by Crippen LogP contribution is -3.28. The van der Waals surface area contributed by atoms with Crippen LogP contribution in [0.25, 0.3) is 0 Å². The van der Waals surface area contributed by atoms with Crippen molar-refractivity contribution >= 4 is 0 Å². The van der Waals surface area contributed by atoms with Crippen LogP contribution >= 0.6 is 0 Å². The van der Waals surface area contributed by atoms with E-state index in [1.807, 2.05) is 24.3 Å². The molecule has 0 amide bonds. The van der Waals surface area contributed by atoms with Gasteiger partial charge in [0.15, 0.2) is 0 Å². The van der Waals surface area contributed by atoms with Gasteiger partial charge in [0.1, 0.15) is 63.5 Å². The van der Waals surface area contributed by atoms with Crippen molar-refractivity contribution in [1.29, 1.82) is 0 Å². The molecule has 1 atom stereocenters. The number of hydrogen-bond donors (Lipinski definition) is 3. The molecule has 0 spiro atoms. The SMILES string of the molecule is COc1cccc(OC[C@@H](O)C[NH+]2CC[NH+](Cc3ccccc3)CC2)c1. The first-order valence-electron chi connectivity index (χ1n) is 9.39. The summed E-state index contributed by atoms with van der Waals surface area (Å²) in [7, 11) is 1.64. The molecule has 2 aromatic carbocycles. The largest absolute Gasteiger partial charge is 0.497 e. The average molecular weight is 358 g/mol. The predicted molar refractivity (Wildman–Crippen MR) is 101 cm³/mol. The topological polar surface area (TPSA) is 47.6 Å². The van der Waals surface area contributed by atoms with Gasteiger partial charge in [0.2, 0.25) is 0 Å². The van der Waals surface area contributed by atoms with Crippen LogP contribution in [0.2, 0.25) is 0 Å². The number of benzene rings is 2. The number of methoxy groups -OCH3 is 1. The molecule has 26 heavy (non-hydrogen) atoms. The summed E-state index contributed by atoms with van der Waals surface area (Å²) < 4.78 is 10.9. The van der Waals surface area contributed by atoms with Gasteiger partial charge in [0, 0.05) is 11.6 Å². The highest BCUT2D eigenvalue weighted by Crippen LogP contribution is 2.18. The molecule has 1 heterocycles. The summed E-state index contributed by atoms with van der Waals surface area (Å²) in [6.45, 7) is 6.63. The van der Waals surface area contributed by atoms with Crippen LogP contribution in [0.15, 0.2) is 54.6 Å². The third-order valence-corrected chi connectivity index (χ3v) is 4.97. The van der Waals surface area contributed by atoms with E-state index in [0.29, 0.717) is 6.61 Å². The molecular formula is C21H30N2O3+2. The molecule has 140 valence electrons. The third kappa shape index (κ3) is 5.73. The fourth-order valence-corrected chi connectivity index (χ4v) is 3.50. The minimum Gasteiger partial charge on any atom is -0.497 e. The zero-order valence-electron chi connectivity index (χ0n) is 15.5. The molecule has 5 heteroatoms. The number of nitrogens with one attached hydrogen (secondary N) is 2. The van der Waals surface area contributed by atoms with Gasteiger partial charge >= 0.3 is 0 Å². The van der Waals surface area contributed by atoms with Gasteiger partial charge in [-0.2, -0.15) is 0 Å². The van der Waals surface area contributed by atoms with Crippen molar-refractivity contribution < 1.29 is 24.4 Å². The number of aliphatic hydroxyl groups excluding tert-OH is 1. The summed E-state index contributed by atoms with van der Waals surface area (Å²) in [6.07, 6.45) is -0.452. The maximum Gasteiger partial charge on any atom is 0.137 e. The van der Waals surface area contributed by atoms with E-state index in [0.717, 1.165) is 50.8 Å². The Labute approximate surface area is 155 Å². The smallest absolute Gasteiger partial charge is 0.137 e. The van der Waals surface area contributed by atoms with E-state index in [-0.39, 0.29) is 0 Å². The van der Waals surface area contributed by atoms with Crippen LogP contribution in [0, 0.1) is 0 Å². The zero-order chi connectivity index (χ0) is 18.2. The maximum absolute atomic E-state index is 10.3. The van der Waals surface area contributed by atoms with Gasteiger partial charge in [-0.3, -0.25) is 0 Å². The monoisotopic (exact) mass is 358 g/mol. The molecule has 3 N–H and O–H groups in total. The molecule has 0 radical (unpaired) electrons. The van der Waals surface area contributed by atoms with Crippen molar-refractivity contribution in [1.82, 2.24) is 0 Å². The normalized spacial score (nSPS) is 21.2. The van der Waals surface area contributed by atoms with Crippen molar-refractivity contribution in [3.8, 4) is 11.5 Å². The first-order chi connectivity index (χ1) is 12.7. The van der Waals surface area contributed by atoms with Crippen LogP contribution in [0.5, 0.6) is 11.5 Å². The Bertz CT molecular complexity index is 657. The summed E-state index contributed by atoms with van der Waals surface area (Å²) in [5.74, 6) is 1.50. The van der Waals surface area contributed by atoms with Crippen molar-refractivity contribution in [3.05, 3.63) is 60.2 Å². The van der Waals surface area contributed by atoms with Gasteiger partial charge in [-0.05, 0) is 12.1 Å². The van der Waals surface area contributed by atoms with E-state index < -0.39 is 6.10 Å². The van der Waals surface area contributed by atoms with Crippen LogP contribution in [0.4, 0.5) is 0 Å². The molecule has 0 bridgehead atoms. The van der Waals surface area contributed by atoms with E-state index in [1.165, 1.54) is 10.5 Å². The Kier molecular flexibility index (Phi) is 6.89. The minimum atomic E-state index is -0.452. The van der Waals surface area contributed by atoms with Crippen molar-refractivity contribution in [2.24, 2.45) is 0 Å². The minimum absolute atomic E-state index is 0.317. The molecule has 1 fully saturated rings. The van der Waals surface area contributed by atoms with Crippen LogP contribution < -0.4 is 19.3 Å². The highest BCUT2D eigenvalue weighted by molar-refractivity contribution is 5.32. The van der Waals surface area contributed by atoms with Crippen LogP contribution in [-0.4, -0.2) is 57.7 Å². The molecule has 0 saturated carbocycles. The van der Waals surface area contributed by atoms with E-state index in [2.05, 4.69) is 30.3 Å². The number of ether oxygens (including phenoxy) is 2. The lowest BCUT2D eigenvalue weighted by Gasteiger charge is -2.30. The first kappa shape index (κ1) is 18.7. The molecule has 3 rings (SSSR count). The molecule has 2 aromatic rings. The third-order valence-electron chi connectivity index (χ3n) is 4.97. The molecular weight excluding hydrogens is 328 g/mol. The number of piperazine rings is 1. The molecule has 1 saturated heterocycles. The second-order valence-electron chi connectivity index (χ2n) is 7.01. The van der Waals surface area contributed by atoms with Crippen LogP contribution in [0.3, 0.4) is 0 Å². The van der Waals surface area contributed by atoms with Gasteiger partial charge in [-0.15, -0.1) is 0 Å². The van der Waals surface area contributed by atoms with Crippen LogP contribution in [-0.2, 0) is 6.54 Å². The number of hydrogen-bond acceptors (Lipinski definition) is 3. The Hall–Kier alpha value is -2.08. The van der Waals surface area contributed by atoms with Gasteiger partial charge in [0.05, 0.1) is 7.11 Å². The first-order valence-corrected chi connectivity index (χ1v) is 9.39. The molecule has 1 aliphatic heterocycles. The maximum atomic E-state index is 10.3. The van der Waals surface area contributed by atoms with Gasteiger partial charge in [-0.1, -0.05) is 36.4 Å². The second-order valence-corrected chi connectivity index (χ2v) is 7.01. The summed E-state index contributed by atoms with van der Waals surface area (Å²) in [5.41, 5.74) is 1.40. The number of aliphatic hydroxyl groups is 1. The lowest BCUT2D eigenvalue weighted by atomic mass is 10.2. The summed E-state index contributed by atoms with van der Waals surface area (Å²) >= 11 is 0. The van der Waals surface area contributed by atoms with Crippen molar-refractivity contribution in [2.75, 3.05) is 46.4 Å². The Morgan fingerprint density at radius 1 is 0.923 bits per heavy atom. The highest BCUT2D eigenvalue weighted by atomic mass is 16.5. The van der Waals surface area contributed by atoms with Gasteiger partial charge in [0.25, 0.3) is 0 Å². The second kappa shape index (κ2) is 9.57. The van der Waals surface area contributed by atoms with Crippen LogP contribution in [0.1, 0.15) is 5.56 Å². The summed E-state index contributed by atoms with van der Waals surface area (Å²) in [4.78, 5) is 3.09. The molecule has 5 nitrogen and oxygen atoms in total. The Morgan fingerprint density at radius 2 is 1.62 bits per heavy atom. The van der Waals surface area contributed by atoms with E-state index >= 15 is 0 Å². The zero-order valence-corrected chi connectivity index (χ0v) is 15.5. The molecule has 0 aromatic heterocycles. The molecule has 1 aliphatic rings. The number of rotatable bonds is 8. The van der Waals surface area contributed by atoms with Gasteiger partial charge in [-0.25, -0.2) is 0 Å². The van der Waals surface area contributed by atoms with Crippen molar-refractivity contribution in [2.45, 2.75) is 12.6 Å². The predicted octanol–water partition coefficient (Wildman–Crippen LogP) is -0.581. The standard InChI is InChI=1S/C21H28N2O3/c1-25-20-8-5-9-21(14-20)26-17-19(24)16-23-12-10-22(11-13-23)15-18-6-3-2-4-7-18/h2-9,14,19,24H,10-13,15-17H2,1H3/p+2/t19-/m0/s1. The van der Waals surface area contributed by atoms with Crippen molar-refractivity contribution in [3.63, 3.8) is 0 Å². The Morgan fingerprint density at radius 3 is 2.35 bits per heavy atom. The fourth-order valence-electron chi connectivity index (χ4n) is 3.50. The molecule has 0 aliphatic carbocycles. The summed E-state index contributed by atoms with van der Waals surface area (Å²) in [5, 5.41) is 10.3. The van der Waals surface area contributed by atoms with E-state index in [9.17, 15) is 5.11 Å². The summed E-state index contributed by atoms with van der Waals surface area (Å²) in [6, 6.07) is 18.2. The van der Waals surface area contributed by atoms with E-state index in [1.54, 1.807) is 12.0 Å². The highest BCUT2D eigenvalue weighted by Gasteiger charge is 2.25.